The highest BCUT2D eigenvalue weighted by molar-refractivity contribution is 5.88. The van der Waals surface area contributed by atoms with Crippen LogP contribution in [0.5, 0.6) is 5.75 Å². The highest BCUT2D eigenvalue weighted by atomic mass is 16.5. The molecule has 202 valence electrons. The quantitative estimate of drug-likeness (QED) is 0.290. The summed E-state index contributed by atoms with van der Waals surface area (Å²) in [7, 11) is 1.69. The van der Waals surface area contributed by atoms with Gasteiger partial charge in [0.25, 0.3) is 0 Å². The smallest absolute Gasteiger partial charge is 0.336 e. The molecule has 0 saturated heterocycles. The zero-order chi connectivity index (χ0) is 28.3. The van der Waals surface area contributed by atoms with Crippen LogP contribution in [-0.4, -0.2) is 67.6 Å². The van der Waals surface area contributed by atoms with Crippen LogP contribution in [0.2, 0.25) is 0 Å². The number of aryl methyl sites for hydroxylation is 1. The first-order chi connectivity index (χ1) is 18.0. The van der Waals surface area contributed by atoms with E-state index in [0.717, 1.165) is 35.8 Å². The molecule has 0 unspecified atom stereocenters. The number of hydrogen-bond acceptors (Lipinski definition) is 8. The minimum Gasteiger partial charge on any atom is -0.497 e. The summed E-state index contributed by atoms with van der Waals surface area (Å²) in [4.78, 5) is 41.4. The standard InChI is InChI=1S/C21H23N3O.C6H8O7/c1-4-24(15-17-13-22-16(2)23-14-17)20-9-5-7-18(11-20)19-8-6-10-21(12-19)25-3;7-3(8)1-6(13,5(11)12)2-4(9)10/h5-14H,4,15H2,1-3H3;13H,1-2H2,(H,7,8)(H,9,10)(H,11,12). The summed E-state index contributed by atoms with van der Waals surface area (Å²) in [5.41, 5.74) is 1.88. The Morgan fingerprint density at radius 3 is 1.97 bits per heavy atom. The number of aromatic nitrogens is 2. The first-order valence-corrected chi connectivity index (χ1v) is 11.6. The Morgan fingerprint density at radius 2 is 1.47 bits per heavy atom. The number of aliphatic carboxylic acids is 3. The van der Waals surface area contributed by atoms with Crippen LogP contribution >= 0.6 is 0 Å². The van der Waals surface area contributed by atoms with Gasteiger partial charge >= 0.3 is 17.9 Å². The first-order valence-electron chi connectivity index (χ1n) is 11.6. The van der Waals surface area contributed by atoms with Crippen molar-refractivity contribution in [2.75, 3.05) is 18.6 Å². The summed E-state index contributed by atoms with van der Waals surface area (Å²) in [5.74, 6) is -3.35. The first kappa shape index (κ1) is 29.7. The number of methoxy groups -OCH3 is 1. The predicted molar refractivity (Wildman–Crippen MR) is 139 cm³/mol. The van der Waals surface area contributed by atoms with E-state index in [2.05, 4.69) is 58.2 Å². The van der Waals surface area contributed by atoms with E-state index in [4.69, 9.17) is 25.2 Å². The normalized spacial score (nSPS) is 10.6. The molecule has 0 aliphatic carbocycles. The molecule has 11 heteroatoms. The molecule has 0 atom stereocenters. The largest absolute Gasteiger partial charge is 0.497 e. The van der Waals surface area contributed by atoms with Crippen LogP contribution in [0.4, 0.5) is 5.69 Å². The van der Waals surface area contributed by atoms with E-state index in [-0.39, 0.29) is 0 Å². The van der Waals surface area contributed by atoms with Crippen molar-refractivity contribution in [3.8, 4) is 16.9 Å². The summed E-state index contributed by atoms with van der Waals surface area (Å²) in [6, 6.07) is 16.7. The maximum Gasteiger partial charge on any atom is 0.336 e. The molecule has 0 amide bonds. The predicted octanol–water partition coefficient (Wildman–Crippen LogP) is 3.24. The van der Waals surface area contributed by atoms with Gasteiger partial charge in [0, 0.05) is 36.7 Å². The van der Waals surface area contributed by atoms with Gasteiger partial charge < -0.3 is 30.1 Å². The fraction of sp³-hybridized carbons (Fsp3) is 0.296. The summed E-state index contributed by atoms with van der Waals surface area (Å²) in [6.07, 6.45) is 1.51. The van der Waals surface area contributed by atoms with Crippen LogP contribution in [0.15, 0.2) is 60.9 Å². The second kappa shape index (κ2) is 13.7. The lowest BCUT2D eigenvalue weighted by molar-refractivity contribution is -0.170. The third-order valence-corrected chi connectivity index (χ3v) is 5.49. The van der Waals surface area contributed by atoms with Crippen molar-refractivity contribution in [3.63, 3.8) is 0 Å². The minimum absolute atomic E-state index is 0.790. The van der Waals surface area contributed by atoms with E-state index >= 15 is 0 Å². The third-order valence-electron chi connectivity index (χ3n) is 5.49. The van der Waals surface area contributed by atoms with Crippen LogP contribution < -0.4 is 9.64 Å². The number of nitrogens with zero attached hydrogens (tertiary/aromatic N) is 3. The van der Waals surface area contributed by atoms with Gasteiger partial charge in [0.05, 0.1) is 20.0 Å². The van der Waals surface area contributed by atoms with Crippen molar-refractivity contribution >= 4 is 23.6 Å². The molecule has 0 fully saturated rings. The Kier molecular flexibility index (Phi) is 10.7. The summed E-state index contributed by atoms with van der Waals surface area (Å²) >= 11 is 0. The summed E-state index contributed by atoms with van der Waals surface area (Å²) in [5, 5.41) is 33.8. The number of carbonyl (C=O) groups is 3. The molecule has 3 aromatic rings. The molecule has 11 nitrogen and oxygen atoms in total. The average molecular weight is 526 g/mol. The number of rotatable bonds is 11. The highest BCUT2D eigenvalue weighted by Gasteiger charge is 2.40. The lowest BCUT2D eigenvalue weighted by Crippen LogP contribution is -2.42. The lowest BCUT2D eigenvalue weighted by atomic mass is 9.96. The fourth-order valence-electron chi connectivity index (χ4n) is 3.51. The van der Waals surface area contributed by atoms with Crippen LogP contribution in [0, 0.1) is 6.92 Å². The van der Waals surface area contributed by atoms with Crippen molar-refractivity contribution in [1.29, 1.82) is 0 Å². The van der Waals surface area contributed by atoms with E-state index < -0.39 is 36.4 Å². The monoisotopic (exact) mass is 525 g/mol. The molecule has 3 rings (SSSR count). The lowest BCUT2D eigenvalue weighted by Gasteiger charge is -2.23. The number of carboxylic acid groups (broad SMARTS) is 3. The number of anilines is 1. The SMILES string of the molecule is CCN(Cc1cnc(C)nc1)c1cccc(-c2cccc(OC)c2)c1.O=C(O)CC(O)(CC(=O)O)C(=O)O. The van der Waals surface area contributed by atoms with Crippen LogP contribution in [0.25, 0.3) is 11.1 Å². The average Bonchev–Trinajstić information content (AvgIpc) is 2.88. The second-order valence-corrected chi connectivity index (χ2v) is 8.41. The molecule has 0 radical (unpaired) electrons. The molecule has 2 aromatic carbocycles. The third kappa shape index (κ3) is 8.86. The summed E-state index contributed by atoms with van der Waals surface area (Å²) < 4.78 is 5.34. The number of hydrogen-bond donors (Lipinski definition) is 4. The van der Waals surface area contributed by atoms with E-state index in [0.29, 0.717) is 0 Å². The fourth-order valence-corrected chi connectivity index (χ4v) is 3.51. The van der Waals surface area contributed by atoms with Crippen molar-refractivity contribution in [2.24, 2.45) is 0 Å². The molecule has 0 spiro atoms. The number of benzene rings is 2. The zero-order valence-electron chi connectivity index (χ0n) is 21.4. The van der Waals surface area contributed by atoms with Gasteiger partial charge in [-0.1, -0.05) is 24.3 Å². The molecule has 4 N–H and O–H groups in total. The zero-order valence-corrected chi connectivity index (χ0v) is 21.4. The van der Waals surface area contributed by atoms with E-state index in [1.54, 1.807) is 7.11 Å². The van der Waals surface area contributed by atoms with E-state index in [1.165, 1.54) is 11.3 Å². The van der Waals surface area contributed by atoms with E-state index in [9.17, 15) is 14.4 Å². The maximum atomic E-state index is 10.3. The summed E-state index contributed by atoms with van der Waals surface area (Å²) in [6.45, 7) is 5.76. The molecule has 0 saturated carbocycles. The molecule has 1 heterocycles. The number of carboxylic acids is 3. The van der Waals surface area contributed by atoms with Crippen molar-refractivity contribution in [1.82, 2.24) is 9.97 Å². The topological polar surface area (TPSA) is 170 Å². The van der Waals surface area contributed by atoms with Crippen LogP contribution in [-0.2, 0) is 20.9 Å². The molecule has 38 heavy (non-hydrogen) atoms. The number of ether oxygens (including phenoxy) is 1. The molecular formula is C27H31N3O8. The van der Waals surface area contributed by atoms with E-state index in [1.807, 2.05) is 31.5 Å². The van der Waals surface area contributed by atoms with Crippen LogP contribution in [0.3, 0.4) is 0 Å². The highest BCUT2D eigenvalue weighted by Crippen LogP contribution is 2.28. The minimum atomic E-state index is -2.74. The molecule has 0 aliphatic heterocycles. The van der Waals surface area contributed by atoms with Gasteiger partial charge in [0.2, 0.25) is 0 Å². The maximum absolute atomic E-state index is 10.3. The van der Waals surface area contributed by atoms with Crippen LogP contribution in [0.1, 0.15) is 31.2 Å². The van der Waals surface area contributed by atoms with Crippen molar-refractivity contribution in [3.05, 3.63) is 72.3 Å². The molecule has 0 aliphatic rings. The van der Waals surface area contributed by atoms with Gasteiger partial charge in [-0.15, -0.1) is 0 Å². The van der Waals surface area contributed by atoms with Gasteiger partial charge in [0.1, 0.15) is 11.6 Å². The Hall–Kier alpha value is -4.51. The Labute approximate surface area is 220 Å². The van der Waals surface area contributed by atoms with Gasteiger partial charge in [-0.2, -0.15) is 0 Å². The van der Waals surface area contributed by atoms with Gasteiger partial charge in [-0.05, 0) is 49.2 Å². The van der Waals surface area contributed by atoms with Gasteiger partial charge in [-0.25, -0.2) is 14.8 Å². The molecule has 1 aromatic heterocycles. The van der Waals surface area contributed by atoms with Gasteiger partial charge in [-0.3, -0.25) is 9.59 Å². The second-order valence-electron chi connectivity index (χ2n) is 8.41. The Balaban J connectivity index is 0.000000332. The van der Waals surface area contributed by atoms with Gasteiger partial charge in [0.15, 0.2) is 5.60 Å². The molecule has 0 bridgehead atoms. The van der Waals surface area contributed by atoms with Crippen molar-refractivity contribution < 1.29 is 39.5 Å². The van der Waals surface area contributed by atoms with Crippen molar-refractivity contribution in [2.45, 2.75) is 38.8 Å². The number of aliphatic hydroxyl groups is 1. The Bertz CT molecular complexity index is 1230. The molecular weight excluding hydrogens is 494 g/mol. The Morgan fingerprint density at radius 1 is 0.921 bits per heavy atom.